The Hall–Kier alpha value is -1.72. The van der Waals surface area contributed by atoms with Crippen LogP contribution >= 0.6 is 23.5 Å². The Labute approximate surface area is 137 Å². The van der Waals surface area contributed by atoms with E-state index >= 15 is 0 Å². The van der Waals surface area contributed by atoms with Crippen molar-refractivity contribution in [2.75, 3.05) is 17.3 Å². The molecule has 2 heterocycles. The van der Waals surface area contributed by atoms with Crippen molar-refractivity contribution in [3.63, 3.8) is 0 Å². The van der Waals surface area contributed by atoms with Gasteiger partial charge in [-0.3, -0.25) is 0 Å². The number of benzene rings is 2. The third-order valence-electron chi connectivity index (χ3n) is 3.75. The molecule has 0 spiro atoms. The van der Waals surface area contributed by atoms with Gasteiger partial charge in [0, 0.05) is 32.8 Å². The molecule has 0 fully saturated rings. The third kappa shape index (κ3) is 2.55. The van der Waals surface area contributed by atoms with Crippen molar-refractivity contribution in [2.45, 2.75) is 16.2 Å². The molecule has 0 bridgehead atoms. The van der Waals surface area contributed by atoms with Crippen LogP contribution in [0.4, 0.5) is 11.6 Å². The number of aromatic nitrogens is 2. The van der Waals surface area contributed by atoms with Gasteiger partial charge in [0.15, 0.2) is 0 Å². The monoisotopic (exact) mass is 325 g/mol. The van der Waals surface area contributed by atoms with Gasteiger partial charge in [-0.05, 0) is 42.5 Å². The highest BCUT2D eigenvalue weighted by molar-refractivity contribution is 7.99. The van der Waals surface area contributed by atoms with Gasteiger partial charge in [0.25, 0.3) is 0 Å². The molecular formula is C17H15N3S2. The Kier molecular flexibility index (Phi) is 3.68. The molecular weight excluding hydrogens is 310 g/mol. The molecule has 3 nitrogen and oxygen atoms in total. The normalized spacial score (nSPS) is 13.3. The minimum absolute atomic E-state index is 0.663. The van der Waals surface area contributed by atoms with Crippen LogP contribution in [0.1, 0.15) is 5.56 Å². The van der Waals surface area contributed by atoms with Crippen molar-refractivity contribution in [1.82, 2.24) is 9.97 Å². The number of aryl methyl sites for hydroxylation is 1. The molecule has 0 amide bonds. The van der Waals surface area contributed by atoms with E-state index in [9.17, 15) is 0 Å². The van der Waals surface area contributed by atoms with E-state index < -0.39 is 0 Å². The largest absolute Gasteiger partial charge is 0.324 e. The second kappa shape index (κ2) is 5.82. The Morgan fingerprint density at radius 2 is 2.18 bits per heavy atom. The first-order chi connectivity index (χ1) is 10.8. The lowest BCUT2D eigenvalue weighted by atomic mass is 10.1. The highest BCUT2D eigenvalue weighted by Crippen LogP contribution is 2.35. The van der Waals surface area contributed by atoms with Gasteiger partial charge in [-0.25, -0.2) is 9.97 Å². The summed E-state index contributed by atoms with van der Waals surface area (Å²) in [6, 6.07) is 12.6. The van der Waals surface area contributed by atoms with Crippen LogP contribution < -0.4 is 5.32 Å². The lowest BCUT2D eigenvalue weighted by Crippen LogP contribution is -1.98. The molecule has 110 valence electrons. The third-order valence-corrected chi connectivity index (χ3v) is 5.58. The number of anilines is 2. The van der Waals surface area contributed by atoms with E-state index in [1.807, 2.05) is 30.1 Å². The molecule has 1 aliphatic rings. The molecule has 2 aromatic carbocycles. The molecule has 1 aromatic heterocycles. The summed E-state index contributed by atoms with van der Waals surface area (Å²) in [5.41, 5.74) is 3.47. The van der Waals surface area contributed by atoms with E-state index in [0.29, 0.717) is 5.95 Å². The van der Waals surface area contributed by atoms with E-state index in [-0.39, 0.29) is 0 Å². The number of hydrogen-bond acceptors (Lipinski definition) is 5. The molecule has 0 atom stereocenters. The summed E-state index contributed by atoms with van der Waals surface area (Å²) in [4.78, 5) is 11.8. The average molecular weight is 325 g/mol. The standard InChI is InChI=1S/C17H15N3S2/c1-21-13-4-2-3-12(9-13)19-17-18-10-11-5-6-15-14(7-8-22-15)16(11)20-17/h2-6,9-10H,7-8H2,1H3,(H,18,19,20). The second-order valence-electron chi connectivity index (χ2n) is 5.13. The average Bonchev–Trinajstić information content (AvgIpc) is 3.04. The fraction of sp³-hybridized carbons (Fsp3) is 0.176. The highest BCUT2D eigenvalue weighted by atomic mass is 32.2. The number of nitrogens with zero attached hydrogens (tertiary/aromatic N) is 2. The van der Waals surface area contributed by atoms with Gasteiger partial charge in [-0.15, -0.1) is 23.5 Å². The summed E-state index contributed by atoms with van der Waals surface area (Å²) >= 11 is 3.64. The predicted molar refractivity (Wildman–Crippen MR) is 95.5 cm³/mol. The van der Waals surface area contributed by atoms with Crippen LogP contribution in [-0.2, 0) is 6.42 Å². The van der Waals surface area contributed by atoms with E-state index in [1.165, 1.54) is 15.4 Å². The number of fused-ring (bicyclic) bond motifs is 3. The molecule has 5 heteroatoms. The first-order valence-corrected chi connectivity index (χ1v) is 9.37. The van der Waals surface area contributed by atoms with Crippen LogP contribution in [0.25, 0.3) is 10.9 Å². The first-order valence-electron chi connectivity index (χ1n) is 7.16. The summed E-state index contributed by atoms with van der Waals surface area (Å²) < 4.78 is 0. The molecule has 0 radical (unpaired) electrons. The predicted octanol–water partition coefficient (Wildman–Crippen LogP) is 4.74. The zero-order valence-corrected chi connectivity index (χ0v) is 13.8. The molecule has 3 aromatic rings. The van der Waals surface area contributed by atoms with Crippen LogP contribution in [0.5, 0.6) is 0 Å². The van der Waals surface area contributed by atoms with E-state index in [4.69, 9.17) is 4.98 Å². The summed E-state index contributed by atoms with van der Waals surface area (Å²) in [6.45, 7) is 0. The number of rotatable bonds is 3. The van der Waals surface area contributed by atoms with Gasteiger partial charge in [-0.2, -0.15) is 0 Å². The van der Waals surface area contributed by atoms with Crippen LogP contribution in [0.2, 0.25) is 0 Å². The molecule has 1 N–H and O–H groups in total. The summed E-state index contributed by atoms with van der Waals surface area (Å²) in [7, 11) is 0. The van der Waals surface area contributed by atoms with Crippen molar-refractivity contribution < 1.29 is 0 Å². The van der Waals surface area contributed by atoms with E-state index in [1.54, 1.807) is 11.8 Å². The minimum atomic E-state index is 0.663. The molecule has 4 rings (SSSR count). The smallest absolute Gasteiger partial charge is 0.227 e. The van der Waals surface area contributed by atoms with Crippen molar-refractivity contribution in [1.29, 1.82) is 0 Å². The van der Waals surface area contributed by atoms with Gasteiger partial charge in [0.05, 0.1) is 5.52 Å². The van der Waals surface area contributed by atoms with E-state index in [2.05, 4.69) is 40.8 Å². The molecule has 0 aliphatic carbocycles. The number of nitrogens with one attached hydrogen (secondary N) is 1. The van der Waals surface area contributed by atoms with Crippen LogP contribution in [-0.4, -0.2) is 22.0 Å². The lowest BCUT2D eigenvalue weighted by molar-refractivity contribution is 1.13. The lowest BCUT2D eigenvalue weighted by Gasteiger charge is -2.08. The van der Waals surface area contributed by atoms with Crippen molar-refractivity contribution in [3.8, 4) is 0 Å². The van der Waals surface area contributed by atoms with Crippen molar-refractivity contribution >= 4 is 46.1 Å². The Bertz CT molecular complexity index is 848. The zero-order chi connectivity index (χ0) is 14.9. The number of thioether (sulfide) groups is 2. The van der Waals surface area contributed by atoms with Crippen molar-refractivity contribution in [3.05, 3.63) is 48.2 Å². The van der Waals surface area contributed by atoms with Gasteiger partial charge in [-0.1, -0.05) is 12.1 Å². The molecule has 0 unspecified atom stereocenters. The Morgan fingerprint density at radius 1 is 1.23 bits per heavy atom. The molecule has 1 aliphatic heterocycles. The summed E-state index contributed by atoms with van der Waals surface area (Å²) in [5, 5.41) is 4.44. The topological polar surface area (TPSA) is 37.8 Å². The van der Waals surface area contributed by atoms with E-state index in [0.717, 1.165) is 28.8 Å². The Morgan fingerprint density at radius 3 is 3.09 bits per heavy atom. The van der Waals surface area contributed by atoms with Crippen molar-refractivity contribution in [2.24, 2.45) is 0 Å². The maximum Gasteiger partial charge on any atom is 0.227 e. The van der Waals surface area contributed by atoms with Crippen LogP contribution in [0, 0.1) is 0 Å². The maximum absolute atomic E-state index is 4.76. The summed E-state index contributed by atoms with van der Waals surface area (Å²) in [5.74, 6) is 1.81. The summed E-state index contributed by atoms with van der Waals surface area (Å²) in [6.07, 6.45) is 5.08. The first kappa shape index (κ1) is 13.9. The quantitative estimate of drug-likeness (QED) is 0.704. The van der Waals surface area contributed by atoms with Gasteiger partial charge < -0.3 is 5.32 Å². The second-order valence-corrected chi connectivity index (χ2v) is 7.15. The fourth-order valence-corrected chi connectivity index (χ4v) is 4.19. The molecule has 0 saturated heterocycles. The van der Waals surface area contributed by atoms with Gasteiger partial charge in [0.2, 0.25) is 5.95 Å². The fourth-order valence-electron chi connectivity index (χ4n) is 2.67. The van der Waals surface area contributed by atoms with Crippen LogP contribution in [0.3, 0.4) is 0 Å². The highest BCUT2D eigenvalue weighted by Gasteiger charge is 2.16. The maximum atomic E-state index is 4.76. The molecule has 22 heavy (non-hydrogen) atoms. The Balaban J connectivity index is 1.73. The van der Waals surface area contributed by atoms with Gasteiger partial charge >= 0.3 is 0 Å². The number of hydrogen-bond donors (Lipinski definition) is 1. The molecule has 0 saturated carbocycles. The zero-order valence-electron chi connectivity index (χ0n) is 12.2. The minimum Gasteiger partial charge on any atom is -0.324 e. The van der Waals surface area contributed by atoms with Gasteiger partial charge in [0.1, 0.15) is 0 Å². The van der Waals surface area contributed by atoms with Crippen LogP contribution in [0.15, 0.2) is 52.4 Å². The SMILES string of the molecule is CSc1cccc(Nc2ncc3ccc4c(c3n2)CCS4)c1.